The molecule has 140 valence electrons. The Morgan fingerprint density at radius 3 is 2.75 bits per heavy atom. The first kappa shape index (κ1) is 18.0. The number of thiazole rings is 1. The molecule has 0 aliphatic heterocycles. The number of carbonyl (C=O) groups excluding carboxylic acids is 1. The van der Waals surface area contributed by atoms with Gasteiger partial charge < -0.3 is 5.32 Å². The first-order valence-electron chi connectivity index (χ1n) is 8.47. The molecule has 0 saturated carbocycles. The zero-order chi connectivity index (χ0) is 19.7. The molecule has 0 radical (unpaired) electrons. The highest BCUT2D eigenvalue weighted by Crippen LogP contribution is 2.25. The van der Waals surface area contributed by atoms with Crippen molar-refractivity contribution in [2.45, 2.75) is 6.42 Å². The van der Waals surface area contributed by atoms with E-state index in [9.17, 15) is 14.0 Å². The van der Waals surface area contributed by atoms with Gasteiger partial charge in [0.05, 0.1) is 23.2 Å². The second kappa shape index (κ2) is 7.32. The van der Waals surface area contributed by atoms with Crippen molar-refractivity contribution in [3.63, 3.8) is 0 Å². The Kier molecular flexibility index (Phi) is 4.70. The van der Waals surface area contributed by atoms with E-state index in [2.05, 4.69) is 15.4 Å². The number of aromatic nitrogens is 3. The predicted octanol–water partition coefficient (Wildman–Crippen LogP) is 3.38. The molecule has 1 N–H and O–H groups in total. The number of benzene rings is 2. The largest absolute Gasteiger partial charge is 0.302 e. The lowest BCUT2D eigenvalue weighted by Crippen LogP contribution is -2.24. The summed E-state index contributed by atoms with van der Waals surface area (Å²) < 4.78 is 14.6. The van der Waals surface area contributed by atoms with Crippen LogP contribution in [-0.2, 0) is 18.3 Å². The lowest BCUT2D eigenvalue weighted by molar-refractivity contribution is -0.115. The van der Waals surface area contributed by atoms with Crippen LogP contribution in [0.4, 0.5) is 9.52 Å². The molecule has 0 fully saturated rings. The lowest BCUT2D eigenvalue weighted by atomic mass is 10.1. The zero-order valence-corrected chi connectivity index (χ0v) is 15.7. The molecule has 2 aromatic carbocycles. The molecule has 0 atom stereocenters. The van der Waals surface area contributed by atoms with Crippen LogP contribution in [0.5, 0.6) is 0 Å². The monoisotopic (exact) mass is 394 g/mol. The molecule has 0 aliphatic rings. The number of carbonyl (C=O) groups is 1. The van der Waals surface area contributed by atoms with E-state index in [0.29, 0.717) is 32.9 Å². The smallest absolute Gasteiger partial charge is 0.274 e. The van der Waals surface area contributed by atoms with Crippen LogP contribution < -0.4 is 10.9 Å². The van der Waals surface area contributed by atoms with Crippen molar-refractivity contribution >= 4 is 33.1 Å². The Hall–Kier alpha value is -3.39. The number of nitrogens with one attached hydrogen (secondary N) is 1. The fraction of sp³-hybridized carbons (Fsp3) is 0.100. The number of rotatable bonds is 4. The Morgan fingerprint density at radius 2 is 1.96 bits per heavy atom. The summed E-state index contributed by atoms with van der Waals surface area (Å²) >= 11 is 1.26. The number of anilines is 1. The highest BCUT2D eigenvalue weighted by Gasteiger charge is 2.14. The minimum absolute atomic E-state index is 0.00348. The third-order valence-corrected chi connectivity index (χ3v) is 4.99. The number of amides is 1. The quantitative estimate of drug-likeness (QED) is 0.576. The van der Waals surface area contributed by atoms with E-state index in [1.807, 2.05) is 0 Å². The van der Waals surface area contributed by atoms with Crippen molar-refractivity contribution in [1.29, 1.82) is 0 Å². The summed E-state index contributed by atoms with van der Waals surface area (Å²) in [5.74, 6) is -0.639. The Labute approximate surface area is 163 Å². The first-order valence-corrected chi connectivity index (χ1v) is 9.35. The van der Waals surface area contributed by atoms with Gasteiger partial charge in [-0.25, -0.2) is 14.1 Å². The summed E-state index contributed by atoms with van der Waals surface area (Å²) in [6.07, 6.45) is 0.00348. The van der Waals surface area contributed by atoms with Crippen LogP contribution in [0.15, 0.2) is 58.7 Å². The maximum atomic E-state index is 13.4. The average Bonchev–Trinajstić information content (AvgIpc) is 3.14. The molecule has 6 nitrogen and oxygen atoms in total. The van der Waals surface area contributed by atoms with Crippen molar-refractivity contribution in [3.05, 3.63) is 75.8 Å². The number of aryl methyl sites for hydroxylation is 1. The van der Waals surface area contributed by atoms with Gasteiger partial charge in [-0.2, -0.15) is 5.10 Å². The van der Waals surface area contributed by atoms with E-state index in [4.69, 9.17) is 0 Å². The Balaban J connectivity index is 1.55. The Bertz CT molecular complexity index is 1250. The lowest BCUT2D eigenvalue weighted by Gasteiger charge is -2.07. The molecule has 4 rings (SSSR count). The van der Waals surface area contributed by atoms with Gasteiger partial charge in [-0.15, -0.1) is 11.3 Å². The van der Waals surface area contributed by atoms with Crippen molar-refractivity contribution in [2.24, 2.45) is 7.05 Å². The summed E-state index contributed by atoms with van der Waals surface area (Å²) in [7, 11) is 1.56. The molecule has 4 aromatic rings. The van der Waals surface area contributed by atoms with Gasteiger partial charge in [-0.05, 0) is 18.2 Å². The number of hydrogen-bond donors (Lipinski definition) is 1. The second-order valence-corrected chi connectivity index (χ2v) is 7.05. The van der Waals surface area contributed by atoms with Gasteiger partial charge in [0.15, 0.2) is 5.13 Å². The second-order valence-electron chi connectivity index (χ2n) is 6.19. The maximum Gasteiger partial charge on any atom is 0.274 e. The van der Waals surface area contributed by atoms with E-state index in [0.717, 1.165) is 0 Å². The Morgan fingerprint density at radius 1 is 1.18 bits per heavy atom. The number of hydrogen-bond acceptors (Lipinski definition) is 5. The van der Waals surface area contributed by atoms with E-state index in [-0.39, 0.29) is 23.7 Å². The van der Waals surface area contributed by atoms with Crippen LogP contribution in [0, 0.1) is 5.82 Å². The van der Waals surface area contributed by atoms with E-state index < -0.39 is 0 Å². The van der Waals surface area contributed by atoms with Gasteiger partial charge in [-0.1, -0.05) is 30.3 Å². The standard InChI is InChI=1S/C20H15FN4O2S/c1-25-19(27)15-8-3-2-7-14(15)16(24-25)10-18(26)23-20-22-17(11-28-20)12-5-4-6-13(21)9-12/h2-9,11H,10H2,1H3,(H,22,23,26). The van der Waals surface area contributed by atoms with E-state index in [1.165, 1.54) is 28.2 Å². The summed E-state index contributed by atoms with van der Waals surface area (Å²) in [5, 5.41) is 10.3. The molecule has 0 bridgehead atoms. The fourth-order valence-electron chi connectivity index (χ4n) is 2.93. The highest BCUT2D eigenvalue weighted by molar-refractivity contribution is 7.14. The molecule has 28 heavy (non-hydrogen) atoms. The zero-order valence-electron chi connectivity index (χ0n) is 14.8. The molecule has 0 aliphatic carbocycles. The molecule has 2 aromatic heterocycles. The minimum Gasteiger partial charge on any atom is -0.302 e. The summed E-state index contributed by atoms with van der Waals surface area (Å²) in [5.41, 5.74) is 1.53. The van der Waals surface area contributed by atoms with Gasteiger partial charge >= 0.3 is 0 Å². The molecule has 0 saturated heterocycles. The van der Waals surface area contributed by atoms with Crippen LogP contribution in [0.25, 0.3) is 22.0 Å². The summed E-state index contributed by atoms with van der Waals surface area (Å²) in [6.45, 7) is 0. The van der Waals surface area contributed by atoms with Crippen molar-refractivity contribution in [3.8, 4) is 11.3 Å². The third kappa shape index (κ3) is 3.54. The fourth-order valence-corrected chi connectivity index (χ4v) is 3.67. The molecule has 2 heterocycles. The van der Waals surface area contributed by atoms with Crippen molar-refractivity contribution in [2.75, 3.05) is 5.32 Å². The normalized spacial score (nSPS) is 10.9. The molecule has 1 amide bonds. The van der Waals surface area contributed by atoms with Crippen LogP contribution in [0.3, 0.4) is 0 Å². The van der Waals surface area contributed by atoms with Gasteiger partial charge in [0.1, 0.15) is 5.82 Å². The first-order chi connectivity index (χ1) is 13.5. The SMILES string of the molecule is Cn1nc(CC(=O)Nc2nc(-c3cccc(F)c3)cs2)c2ccccc2c1=O. The molecular weight excluding hydrogens is 379 g/mol. The van der Waals surface area contributed by atoms with Crippen LogP contribution in [-0.4, -0.2) is 20.7 Å². The van der Waals surface area contributed by atoms with E-state index >= 15 is 0 Å². The topological polar surface area (TPSA) is 76.9 Å². The van der Waals surface area contributed by atoms with E-state index in [1.54, 1.807) is 48.8 Å². The predicted molar refractivity (Wildman–Crippen MR) is 107 cm³/mol. The van der Waals surface area contributed by atoms with Crippen molar-refractivity contribution in [1.82, 2.24) is 14.8 Å². The molecular formula is C20H15FN4O2S. The highest BCUT2D eigenvalue weighted by atomic mass is 32.1. The molecule has 0 unspecified atom stereocenters. The van der Waals surface area contributed by atoms with Gasteiger partial charge in [0.25, 0.3) is 5.56 Å². The molecule has 8 heteroatoms. The minimum atomic E-state index is -0.344. The van der Waals surface area contributed by atoms with Gasteiger partial charge in [-0.3, -0.25) is 9.59 Å². The maximum absolute atomic E-state index is 13.4. The van der Waals surface area contributed by atoms with Crippen LogP contribution in [0.2, 0.25) is 0 Å². The van der Waals surface area contributed by atoms with Gasteiger partial charge in [0.2, 0.25) is 5.91 Å². The summed E-state index contributed by atoms with van der Waals surface area (Å²) in [6, 6.07) is 13.2. The summed E-state index contributed by atoms with van der Waals surface area (Å²) in [4.78, 5) is 29.0. The third-order valence-electron chi connectivity index (χ3n) is 4.23. The van der Waals surface area contributed by atoms with Crippen LogP contribution in [0.1, 0.15) is 5.69 Å². The van der Waals surface area contributed by atoms with Crippen LogP contribution >= 0.6 is 11.3 Å². The number of nitrogens with zero attached hydrogens (tertiary/aromatic N) is 3. The van der Waals surface area contributed by atoms with Gasteiger partial charge in [0, 0.05) is 23.4 Å². The number of halogens is 1. The molecule has 0 spiro atoms. The average molecular weight is 394 g/mol. The van der Waals surface area contributed by atoms with Crippen molar-refractivity contribution < 1.29 is 9.18 Å². The number of fused-ring (bicyclic) bond motifs is 1.